The van der Waals surface area contributed by atoms with Gasteiger partial charge in [0.2, 0.25) is 0 Å². The van der Waals surface area contributed by atoms with Gasteiger partial charge in [-0.25, -0.2) is 4.79 Å². The lowest BCUT2D eigenvalue weighted by Crippen LogP contribution is -1.96. The Morgan fingerprint density at radius 1 is 1.27 bits per heavy atom. The standard InChI is InChI=1S/C12H8O2S/c13-12(14)11-9-5-7-3-1-2-4-8(7)10(9)6-15-11/h1-4,6H,5H2,(H,13,14). The van der Waals surface area contributed by atoms with Crippen molar-refractivity contribution in [1.29, 1.82) is 0 Å². The molecule has 0 aliphatic heterocycles. The van der Waals surface area contributed by atoms with Crippen molar-refractivity contribution in [2.45, 2.75) is 6.42 Å². The molecule has 0 bridgehead atoms. The van der Waals surface area contributed by atoms with Crippen molar-refractivity contribution in [2.24, 2.45) is 0 Å². The van der Waals surface area contributed by atoms with Gasteiger partial charge >= 0.3 is 5.97 Å². The lowest BCUT2D eigenvalue weighted by atomic mass is 10.1. The zero-order valence-corrected chi connectivity index (χ0v) is 8.67. The van der Waals surface area contributed by atoms with Crippen LogP contribution in [0.15, 0.2) is 29.6 Å². The predicted molar refractivity (Wildman–Crippen MR) is 59.5 cm³/mol. The lowest BCUT2D eigenvalue weighted by molar-refractivity contribution is 0.0701. The second-order valence-corrected chi connectivity index (χ2v) is 4.48. The molecular formula is C12H8O2S. The molecular weight excluding hydrogens is 208 g/mol. The monoisotopic (exact) mass is 216 g/mol. The smallest absolute Gasteiger partial charge is 0.346 e. The summed E-state index contributed by atoms with van der Waals surface area (Å²) in [5, 5.41) is 11.0. The highest BCUT2D eigenvalue weighted by Crippen LogP contribution is 2.41. The Bertz CT molecular complexity index is 554. The predicted octanol–water partition coefficient (Wildman–Crippen LogP) is 3.02. The van der Waals surface area contributed by atoms with Gasteiger partial charge in [-0.15, -0.1) is 11.3 Å². The third-order valence-electron chi connectivity index (χ3n) is 2.76. The summed E-state index contributed by atoms with van der Waals surface area (Å²) >= 11 is 1.32. The summed E-state index contributed by atoms with van der Waals surface area (Å²) in [6.07, 6.45) is 0.761. The second kappa shape index (κ2) is 2.94. The quantitative estimate of drug-likeness (QED) is 0.679. The van der Waals surface area contributed by atoms with Gasteiger partial charge in [-0.2, -0.15) is 0 Å². The summed E-state index contributed by atoms with van der Waals surface area (Å²) in [5.74, 6) is -0.811. The Morgan fingerprint density at radius 2 is 2.07 bits per heavy atom. The number of carbonyl (C=O) groups is 1. The molecule has 2 nitrogen and oxygen atoms in total. The van der Waals surface area contributed by atoms with E-state index in [-0.39, 0.29) is 0 Å². The fourth-order valence-electron chi connectivity index (χ4n) is 2.09. The van der Waals surface area contributed by atoms with E-state index in [0.29, 0.717) is 4.88 Å². The number of aromatic carboxylic acids is 1. The van der Waals surface area contributed by atoms with E-state index in [4.69, 9.17) is 5.11 Å². The minimum absolute atomic E-state index is 0.487. The number of carboxylic acids is 1. The molecule has 1 heterocycles. The molecule has 0 unspecified atom stereocenters. The van der Waals surface area contributed by atoms with E-state index in [9.17, 15) is 4.79 Å². The number of carboxylic acid groups (broad SMARTS) is 1. The van der Waals surface area contributed by atoms with Crippen molar-refractivity contribution in [3.8, 4) is 11.1 Å². The summed E-state index contributed by atoms with van der Waals surface area (Å²) in [5.41, 5.74) is 4.51. The topological polar surface area (TPSA) is 37.3 Å². The molecule has 1 aliphatic rings. The Kier molecular flexibility index (Phi) is 1.70. The normalized spacial score (nSPS) is 12.3. The van der Waals surface area contributed by atoms with Crippen LogP contribution >= 0.6 is 11.3 Å². The van der Waals surface area contributed by atoms with Gasteiger partial charge in [0.15, 0.2) is 0 Å². The van der Waals surface area contributed by atoms with Crippen molar-refractivity contribution in [3.63, 3.8) is 0 Å². The molecule has 3 rings (SSSR count). The highest BCUT2D eigenvalue weighted by atomic mass is 32.1. The second-order valence-electron chi connectivity index (χ2n) is 3.60. The fourth-order valence-corrected chi connectivity index (χ4v) is 3.02. The van der Waals surface area contributed by atoms with E-state index in [0.717, 1.165) is 17.5 Å². The Balaban J connectivity index is 2.23. The van der Waals surface area contributed by atoms with Gasteiger partial charge in [-0.05, 0) is 27.6 Å². The molecule has 0 radical (unpaired) electrons. The lowest BCUT2D eigenvalue weighted by Gasteiger charge is -1.96. The molecule has 0 amide bonds. The maximum absolute atomic E-state index is 11.0. The van der Waals surface area contributed by atoms with E-state index in [1.807, 2.05) is 17.5 Å². The fraction of sp³-hybridized carbons (Fsp3) is 0.0833. The Labute approximate surface area is 90.8 Å². The average Bonchev–Trinajstić information content (AvgIpc) is 2.74. The molecule has 15 heavy (non-hydrogen) atoms. The SMILES string of the molecule is O=C(O)c1scc2c1Cc1ccccc1-2. The van der Waals surface area contributed by atoms with Gasteiger partial charge in [0.25, 0.3) is 0 Å². The molecule has 1 N–H and O–H groups in total. The van der Waals surface area contributed by atoms with Crippen molar-refractivity contribution >= 4 is 17.3 Å². The molecule has 1 aromatic carbocycles. The van der Waals surface area contributed by atoms with Crippen LogP contribution < -0.4 is 0 Å². The van der Waals surface area contributed by atoms with Crippen molar-refractivity contribution in [2.75, 3.05) is 0 Å². The third kappa shape index (κ3) is 1.13. The van der Waals surface area contributed by atoms with E-state index in [1.54, 1.807) is 0 Å². The zero-order valence-electron chi connectivity index (χ0n) is 7.86. The Morgan fingerprint density at radius 3 is 2.87 bits per heavy atom. The summed E-state index contributed by atoms with van der Waals surface area (Å²) < 4.78 is 0. The average molecular weight is 216 g/mol. The molecule has 74 valence electrons. The zero-order chi connectivity index (χ0) is 10.4. The molecule has 0 atom stereocenters. The van der Waals surface area contributed by atoms with Crippen molar-refractivity contribution in [3.05, 3.63) is 45.6 Å². The van der Waals surface area contributed by atoms with Crippen molar-refractivity contribution < 1.29 is 9.90 Å². The first-order chi connectivity index (χ1) is 7.27. The van der Waals surface area contributed by atoms with Crippen LogP contribution in [0.4, 0.5) is 0 Å². The molecule has 0 saturated carbocycles. The van der Waals surface area contributed by atoms with Crippen molar-refractivity contribution in [1.82, 2.24) is 0 Å². The molecule has 0 saturated heterocycles. The van der Waals surface area contributed by atoms with Gasteiger partial charge in [0.1, 0.15) is 4.88 Å². The number of thiophene rings is 1. The van der Waals surface area contributed by atoms with Gasteiger partial charge in [0.05, 0.1) is 0 Å². The molecule has 2 aromatic rings. The minimum Gasteiger partial charge on any atom is -0.477 e. The first kappa shape index (κ1) is 8.68. The van der Waals surface area contributed by atoms with E-state index in [2.05, 4.69) is 12.1 Å². The summed E-state index contributed by atoms with van der Waals surface area (Å²) in [7, 11) is 0. The number of benzene rings is 1. The first-order valence-electron chi connectivity index (χ1n) is 4.69. The minimum atomic E-state index is -0.811. The highest BCUT2D eigenvalue weighted by molar-refractivity contribution is 7.12. The van der Waals surface area contributed by atoms with Crippen LogP contribution in [0.2, 0.25) is 0 Å². The summed E-state index contributed by atoms with van der Waals surface area (Å²) in [6.45, 7) is 0. The van der Waals surface area contributed by atoms with E-state index >= 15 is 0 Å². The van der Waals surface area contributed by atoms with E-state index < -0.39 is 5.97 Å². The van der Waals surface area contributed by atoms with Gasteiger partial charge in [0, 0.05) is 6.42 Å². The van der Waals surface area contributed by atoms with Gasteiger partial charge in [-0.3, -0.25) is 0 Å². The van der Waals surface area contributed by atoms with Crippen LogP contribution in [-0.4, -0.2) is 11.1 Å². The number of rotatable bonds is 1. The summed E-state index contributed by atoms with van der Waals surface area (Å²) in [4.78, 5) is 11.5. The van der Waals surface area contributed by atoms with Gasteiger partial charge < -0.3 is 5.11 Å². The van der Waals surface area contributed by atoms with E-state index in [1.165, 1.54) is 22.5 Å². The molecule has 0 spiro atoms. The van der Waals surface area contributed by atoms with Crippen LogP contribution in [0.5, 0.6) is 0 Å². The van der Waals surface area contributed by atoms with Crippen LogP contribution in [0.1, 0.15) is 20.8 Å². The third-order valence-corrected chi connectivity index (χ3v) is 3.77. The number of hydrogen-bond donors (Lipinski definition) is 1. The molecule has 1 aliphatic carbocycles. The van der Waals surface area contributed by atoms with Crippen LogP contribution in [0, 0.1) is 0 Å². The Hall–Kier alpha value is -1.61. The number of fused-ring (bicyclic) bond motifs is 3. The number of hydrogen-bond acceptors (Lipinski definition) is 2. The summed E-state index contributed by atoms with van der Waals surface area (Å²) in [6, 6.07) is 8.10. The largest absolute Gasteiger partial charge is 0.477 e. The maximum atomic E-state index is 11.0. The van der Waals surface area contributed by atoms with Crippen LogP contribution in [0.25, 0.3) is 11.1 Å². The van der Waals surface area contributed by atoms with Gasteiger partial charge in [-0.1, -0.05) is 24.3 Å². The first-order valence-corrected chi connectivity index (χ1v) is 5.57. The van der Waals surface area contributed by atoms with Crippen LogP contribution in [-0.2, 0) is 6.42 Å². The molecule has 1 aromatic heterocycles. The maximum Gasteiger partial charge on any atom is 0.346 e. The molecule has 0 fully saturated rings. The molecule has 3 heteroatoms. The highest BCUT2D eigenvalue weighted by Gasteiger charge is 2.25. The van der Waals surface area contributed by atoms with Crippen LogP contribution in [0.3, 0.4) is 0 Å².